The van der Waals surface area contributed by atoms with Gasteiger partial charge in [0.25, 0.3) is 0 Å². The second-order valence-electron chi connectivity index (χ2n) is 6.34. The maximum Gasteiger partial charge on any atom is 0.0506 e. The summed E-state index contributed by atoms with van der Waals surface area (Å²) in [6, 6.07) is 13.6. The van der Waals surface area contributed by atoms with Gasteiger partial charge in [0.05, 0.1) is 13.2 Å². The Labute approximate surface area is 141 Å². The Morgan fingerprint density at radius 1 is 0.696 bits per heavy atom. The highest BCUT2D eigenvalue weighted by Crippen LogP contribution is 2.13. The molecule has 0 fully saturated rings. The minimum Gasteiger partial charge on any atom is -0.381 e. The predicted molar refractivity (Wildman–Crippen MR) is 99.3 cm³/mol. The Morgan fingerprint density at radius 3 is 1.48 bits per heavy atom. The van der Waals surface area contributed by atoms with E-state index in [1.807, 2.05) is 0 Å². The van der Waals surface area contributed by atoms with Gasteiger partial charge in [0.15, 0.2) is 0 Å². The molecule has 0 aromatic heterocycles. The number of hydrogen-bond acceptors (Lipinski definition) is 1. The van der Waals surface area contributed by atoms with E-state index in [1.165, 1.54) is 33.4 Å². The Bertz CT molecular complexity index is 572. The molecule has 23 heavy (non-hydrogen) atoms. The van der Waals surface area contributed by atoms with Crippen LogP contribution >= 0.6 is 0 Å². The maximum atomic E-state index is 5.83. The zero-order valence-corrected chi connectivity index (χ0v) is 15.1. The summed E-state index contributed by atoms with van der Waals surface area (Å²) < 4.78 is 5.83. The van der Waals surface area contributed by atoms with E-state index in [2.05, 4.69) is 64.1 Å². The number of ether oxygens (including phenoxy) is 1. The molecule has 0 N–H and O–H groups in total. The van der Waals surface area contributed by atoms with Gasteiger partial charge in [-0.1, -0.05) is 50.2 Å². The Hall–Kier alpha value is -1.60. The molecule has 1 heteroatoms. The van der Waals surface area contributed by atoms with Gasteiger partial charge in [0, 0.05) is 0 Å². The predicted octanol–water partition coefficient (Wildman–Crippen LogP) is 5.23. The minimum absolute atomic E-state index is 0.803. The van der Waals surface area contributed by atoms with E-state index in [0.717, 1.165) is 38.9 Å². The lowest BCUT2D eigenvalue weighted by Crippen LogP contribution is -2.04. The smallest absolute Gasteiger partial charge is 0.0506 e. The van der Waals surface area contributed by atoms with Gasteiger partial charge in [-0.25, -0.2) is 0 Å². The topological polar surface area (TPSA) is 9.23 Å². The van der Waals surface area contributed by atoms with E-state index in [0.29, 0.717) is 0 Å². The van der Waals surface area contributed by atoms with E-state index >= 15 is 0 Å². The highest BCUT2D eigenvalue weighted by Gasteiger charge is 2.01. The third-order valence-corrected chi connectivity index (χ3v) is 4.65. The Balaban J connectivity index is 1.73. The molecule has 1 nitrogen and oxygen atoms in total. The first kappa shape index (κ1) is 17.7. The van der Waals surface area contributed by atoms with Crippen LogP contribution in [0.15, 0.2) is 36.4 Å². The Morgan fingerprint density at radius 2 is 1.13 bits per heavy atom. The standard InChI is InChI=1S/C22H30O/c1-5-21-9-7-19(15-17(21)3)11-13-23-14-12-20-8-10-22(6-2)18(4)16-20/h7-10,15-16H,5-6,11-14H2,1-4H3. The highest BCUT2D eigenvalue weighted by molar-refractivity contribution is 5.32. The average Bonchev–Trinajstić information content (AvgIpc) is 2.55. The lowest BCUT2D eigenvalue weighted by atomic mass is 10.0. The molecule has 0 radical (unpaired) electrons. The largest absolute Gasteiger partial charge is 0.381 e. The third kappa shape index (κ3) is 5.21. The molecule has 0 heterocycles. The van der Waals surface area contributed by atoms with Crippen molar-refractivity contribution in [3.05, 3.63) is 69.8 Å². The van der Waals surface area contributed by atoms with Crippen LogP contribution in [0.2, 0.25) is 0 Å². The summed E-state index contributed by atoms with van der Waals surface area (Å²) in [6.45, 7) is 10.4. The van der Waals surface area contributed by atoms with Crippen molar-refractivity contribution in [2.24, 2.45) is 0 Å². The van der Waals surface area contributed by atoms with Crippen molar-refractivity contribution >= 4 is 0 Å². The van der Waals surface area contributed by atoms with Crippen molar-refractivity contribution in [3.63, 3.8) is 0 Å². The fourth-order valence-electron chi connectivity index (χ4n) is 3.10. The summed E-state index contributed by atoms with van der Waals surface area (Å²) in [5.74, 6) is 0. The van der Waals surface area contributed by atoms with Crippen molar-refractivity contribution < 1.29 is 4.74 Å². The summed E-state index contributed by atoms with van der Waals surface area (Å²) in [4.78, 5) is 0. The first-order valence-corrected chi connectivity index (χ1v) is 8.88. The van der Waals surface area contributed by atoms with Gasteiger partial charge in [0.1, 0.15) is 0 Å². The van der Waals surface area contributed by atoms with Crippen LogP contribution in [-0.2, 0) is 30.4 Å². The van der Waals surface area contributed by atoms with Crippen LogP contribution in [0.5, 0.6) is 0 Å². The van der Waals surface area contributed by atoms with Gasteiger partial charge in [0.2, 0.25) is 0 Å². The number of hydrogen-bond donors (Lipinski definition) is 0. The zero-order chi connectivity index (χ0) is 16.7. The molecule has 2 aromatic carbocycles. The Kier molecular flexibility index (Phi) is 6.85. The molecule has 0 saturated carbocycles. The quantitative estimate of drug-likeness (QED) is 0.607. The number of benzene rings is 2. The fourth-order valence-corrected chi connectivity index (χ4v) is 3.10. The SMILES string of the molecule is CCc1ccc(CCOCCc2ccc(CC)c(C)c2)cc1C. The van der Waals surface area contributed by atoms with Crippen molar-refractivity contribution in [2.75, 3.05) is 13.2 Å². The van der Waals surface area contributed by atoms with E-state index in [1.54, 1.807) is 0 Å². The second kappa shape index (κ2) is 8.88. The van der Waals surface area contributed by atoms with E-state index in [-0.39, 0.29) is 0 Å². The molecule has 0 amide bonds. The van der Waals surface area contributed by atoms with Crippen LogP contribution in [-0.4, -0.2) is 13.2 Å². The molecule has 2 rings (SSSR count). The van der Waals surface area contributed by atoms with Gasteiger partial charge in [-0.05, 0) is 72.9 Å². The number of aryl methyl sites for hydroxylation is 4. The van der Waals surface area contributed by atoms with Crippen LogP contribution in [0.1, 0.15) is 47.2 Å². The molecule has 2 aromatic rings. The van der Waals surface area contributed by atoms with E-state index in [9.17, 15) is 0 Å². The minimum atomic E-state index is 0.803. The van der Waals surface area contributed by atoms with E-state index < -0.39 is 0 Å². The van der Waals surface area contributed by atoms with Crippen LogP contribution in [0, 0.1) is 13.8 Å². The maximum absolute atomic E-state index is 5.83. The van der Waals surface area contributed by atoms with Gasteiger partial charge in [-0.15, -0.1) is 0 Å². The van der Waals surface area contributed by atoms with Gasteiger partial charge in [-0.3, -0.25) is 0 Å². The highest BCUT2D eigenvalue weighted by atomic mass is 16.5. The molecule has 124 valence electrons. The lowest BCUT2D eigenvalue weighted by Gasteiger charge is -2.09. The van der Waals surface area contributed by atoms with Crippen molar-refractivity contribution in [1.82, 2.24) is 0 Å². The van der Waals surface area contributed by atoms with Gasteiger partial charge < -0.3 is 4.74 Å². The van der Waals surface area contributed by atoms with Gasteiger partial charge >= 0.3 is 0 Å². The van der Waals surface area contributed by atoms with Gasteiger partial charge in [-0.2, -0.15) is 0 Å². The summed E-state index contributed by atoms with van der Waals surface area (Å²) in [6.07, 6.45) is 4.22. The molecule has 0 aliphatic heterocycles. The van der Waals surface area contributed by atoms with Crippen LogP contribution in [0.4, 0.5) is 0 Å². The van der Waals surface area contributed by atoms with Crippen molar-refractivity contribution in [3.8, 4) is 0 Å². The normalized spacial score (nSPS) is 11.0. The summed E-state index contributed by atoms with van der Waals surface area (Å²) >= 11 is 0. The van der Waals surface area contributed by atoms with Crippen molar-refractivity contribution in [1.29, 1.82) is 0 Å². The van der Waals surface area contributed by atoms with E-state index in [4.69, 9.17) is 4.74 Å². The third-order valence-electron chi connectivity index (χ3n) is 4.65. The molecule has 0 unspecified atom stereocenters. The van der Waals surface area contributed by atoms with Crippen molar-refractivity contribution in [2.45, 2.75) is 53.4 Å². The zero-order valence-electron chi connectivity index (χ0n) is 15.1. The molecule has 0 atom stereocenters. The molecular weight excluding hydrogens is 280 g/mol. The molecule has 0 aliphatic carbocycles. The molecule has 0 bridgehead atoms. The number of rotatable bonds is 8. The monoisotopic (exact) mass is 310 g/mol. The summed E-state index contributed by atoms with van der Waals surface area (Å²) in [5.41, 5.74) is 8.44. The first-order valence-electron chi connectivity index (χ1n) is 8.88. The molecular formula is C22H30O. The first-order chi connectivity index (χ1) is 11.1. The molecule has 0 spiro atoms. The fraction of sp³-hybridized carbons (Fsp3) is 0.455. The average molecular weight is 310 g/mol. The second-order valence-corrected chi connectivity index (χ2v) is 6.34. The summed E-state index contributed by atoms with van der Waals surface area (Å²) in [7, 11) is 0. The van der Waals surface area contributed by atoms with Crippen LogP contribution in [0.3, 0.4) is 0 Å². The molecule has 0 saturated heterocycles. The van der Waals surface area contributed by atoms with Crippen LogP contribution < -0.4 is 0 Å². The lowest BCUT2D eigenvalue weighted by molar-refractivity contribution is 0.140. The van der Waals surface area contributed by atoms with Crippen LogP contribution in [0.25, 0.3) is 0 Å². The molecule has 0 aliphatic rings. The summed E-state index contributed by atoms with van der Waals surface area (Å²) in [5, 5.41) is 0.